The van der Waals surface area contributed by atoms with E-state index in [9.17, 15) is 9.59 Å². The Morgan fingerprint density at radius 2 is 2.04 bits per heavy atom. The van der Waals surface area contributed by atoms with Gasteiger partial charge >= 0.3 is 0 Å². The molecule has 0 amide bonds. The van der Waals surface area contributed by atoms with Crippen molar-refractivity contribution in [2.45, 2.75) is 11.4 Å². The minimum atomic E-state index is -0.195. The number of carbonyl (C=O) groups is 1. The third kappa shape index (κ3) is 3.59. The summed E-state index contributed by atoms with van der Waals surface area (Å²) < 4.78 is 6.84. The second-order valence-corrected chi connectivity index (χ2v) is 7.79. The lowest BCUT2D eigenvalue weighted by Crippen LogP contribution is -2.24. The van der Waals surface area contributed by atoms with Crippen LogP contribution in [0.3, 0.4) is 0 Å². The second kappa shape index (κ2) is 8.69. The number of hydrogen-bond donors (Lipinski definition) is 0. The van der Waals surface area contributed by atoms with E-state index in [1.165, 1.54) is 11.8 Å². The van der Waals surface area contributed by atoms with Crippen LogP contribution in [0, 0.1) is 0 Å². The molecular formula is C19H19Cl2N3O3S. The van der Waals surface area contributed by atoms with E-state index in [-0.39, 0.29) is 12.0 Å². The van der Waals surface area contributed by atoms with Gasteiger partial charge in [0, 0.05) is 26.1 Å². The van der Waals surface area contributed by atoms with Crippen LogP contribution in [-0.2, 0) is 16.1 Å². The number of ether oxygens (including phenoxy) is 1. The summed E-state index contributed by atoms with van der Waals surface area (Å²) in [6, 6.07) is 4.97. The highest BCUT2D eigenvalue weighted by Crippen LogP contribution is 2.35. The molecule has 0 spiro atoms. The number of carbonyl (C=O) groups excluding carboxylic acids is 1. The molecule has 1 aromatic carbocycles. The first-order valence-corrected chi connectivity index (χ1v) is 10.5. The number of pyridine rings is 2. The molecule has 0 saturated heterocycles. The van der Waals surface area contributed by atoms with E-state index in [1.54, 1.807) is 29.9 Å². The average Bonchev–Trinajstić information content (AvgIpc) is 2.68. The Morgan fingerprint density at radius 3 is 2.68 bits per heavy atom. The van der Waals surface area contributed by atoms with Crippen LogP contribution >= 0.6 is 35.0 Å². The average molecular weight is 440 g/mol. The normalized spacial score (nSPS) is 11.3. The van der Waals surface area contributed by atoms with Gasteiger partial charge in [0.2, 0.25) is 0 Å². The van der Waals surface area contributed by atoms with Crippen molar-refractivity contribution in [2.75, 3.05) is 38.5 Å². The zero-order valence-corrected chi connectivity index (χ0v) is 18.0. The van der Waals surface area contributed by atoms with Crippen molar-refractivity contribution in [3.05, 3.63) is 38.5 Å². The van der Waals surface area contributed by atoms with Crippen LogP contribution < -0.4 is 10.3 Å². The third-order valence-electron chi connectivity index (χ3n) is 4.49. The first kappa shape index (κ1) is 20.9. The number of benzene rings is 1. The summed E-state index contributed by atoms with van der Waals surface area (Å²) in [6.07, 6.45) is 2.65. The molecule has 0 atom stereocenters. The Balaban J connectivity index is 2.44. The molecule has 0 aliphatic heterocycles. The lowest BCUT2D eigenvalue weighted by Gasteiger charge is -2.21. The molecule has 0 unspecified atom stereocenters. The molecule has 0 aliphatic rings. The number of anilines is 1. The molecule has 0 aliphatic carbocycles. The quantitative estimate of drug-likeness (QED) is 0.316. The number of nitrogens with zero attached hydrogens (tertiary/aromatic N) is 3. The van der Waals surface area contributed by atoms with Gasteiger partial charge in [0.15, 0.2) is 5.43 Å². The number of hydrogen-bond acceptors (Lipinski definition) is 6. The van der Waals surface area contributed by atoms with E-state index in [0.717, 1.165) is 11.2 Å². The summed E-state index contributed by atoms with van der Waals surface area (Å²) in [5, 5.41) is 1.71. The minimum absolute atomic E-state index is 0.0387. The van der Waals surface area contributed by atoms with E-state index < -0.39 is 0 Å². The third-order valence-corrected chi connectivity index (χ3v) is 6.02. The molecule has 148 valence electrons. The fourth-order valence-electron chi connectivity index (χ4n) is 3.14. The highest BCUT2D eigenvalue weighted by molar-refractivity contribution is 7.99. The van der Waals surface area contributed by atoms with Crippen molar-refractivity contribution in [1.82, 2.24) is 9.55 Å². The van der Waals surface area contributed by atoms with Gasteiger partial charge in [0.1, 0.15) is 17.8 Å². The van der Waals surface area contributed by atoms with Gasteiger partial charge in [-0.25, -0.2) is 4.98 Å². The van der Waals surface area contributed by atoms with Crippen LogP contribution in [0.1, 0.15) is 0 Å². The molecule has 2 aromatic heterocycles. The maximum Gasteiger partial charge on any atom is 0.198 e. The van der Waals surface area contributed by atoms with E-state index in [4.69, 9.17) is 27.9 Å². The number of thioether (sulfide) groups is 1. The fourth-order valence-corrected chi connectivity index (χ4v) is 4.50. The topological polar surface area (TPSA) is 64.4 Å². The Kier molecular flexibility index (Phi) is 6.50. The molecule has 9 heteroatoms. The molecule has 28 heavy (non-hydrogen) atoms. The van der Waals surface area contributed by atoms with Crippen LogP contribution in [0.2, 0.25) is 10.0 Å². The summed E-state index contributed by atoms with van der Waals surface area (Å²) in [5.41, 5.74) is 0.801. The van der Waals surface area contributed by atoms with Crippen molar-refractivity contribution < 1.29 is 9.53 Å². The number of likely N-dealkylation sites (N-methyl/N-ethyl adjacent to an activating group) is 1. The summed E-state index contributed by atoms with van der Waals surface area (Å²) in [5.74, 6) is 0.511. The number of rotatable bonds is 7. The van der Waals surface area contributed by atoms with Gasteiger partial charge in [0.25, 0.3) is 0 Å². The maximum atomic E-state index is 13.1. The van der Waals surface area contributed by atoms with Crippen molar-refractivity contribution >= 4 is 69.0 Å². The first-order chi connectivity index (χ1) is 13.4. The van der Waals surface area contributed by atoms with Crippen LogP contribution in [-0.4, -0.2) is 49.4 Å². The second-order valence-electron chi connectivity index (χ2n) is 6.16. The first-order valence-electron chi connectivity index (χ1n) is 8.47. The molecule has 0 saturated carbocycles. The number of aldehydes is 1. The zero-order chi connectivity index (χ0) is 20.4. The van der Waals surface area contributed by atoms with Crippen LogP contribution in [0.15, 0.2) is 27.9 Å². The fraction of sp³-hybridized carbons (Fsp3) is 0.316. The number of fused-ring (bicyclic) bond motifs is 2. The van der Waals surface area contributed by atoms with Gasteiger partial charge < -0.3 is 19.0 Å². The van der Waals surface area contributed by atoms with Crippen LogP contribution in [0.25, 0.3) is 21.9 Å². The molecule has 0 fully saturated rings. The zero-order valence-electron chi connectivity index (χ0n) is 15.7. The SMILES string of the molecule is COCCN(C)c1nc2c(cc1Cl)c(=O)c1ccc(Cl)c(SC)c1n2CC=O. The molecule has 6 nitrogen and oxygen atoms in total. The van der Waals surface area contributed by atoms with Crippen LogP contribution in [0.5, 0.6) is 0 Å². The predicted octanol–water partition coefficient (Wildman–Crippen LogP) is 3.86. The van der Waals surface area contributed by atoms with Gasteiger partial charge in [-0.1, -0.05) is 23.2 Å². The van der Waals surface area contributed by atoms with Gasteiger partial charge in [-0.05, 0) is 24.5 Å². The lowest BCUT2D eigenvalue weighted by atomic mass is 10.1. The van der Waals surface area contributed by atoms with Crippen molar-refractivity contribution in [1.29, 1.82) is 0 Å². The molecule has 0 N–H and O–H groups in total. The van der Waals surface area contributed by atoms with Crippen molar-refractivity contribution in [3.8, 4) is 0 Å². The smallest absolute Gasteiger partial charge is 0.198 e. The van der Waals surface area contributed by atoms with Crippen molar-refractivity contribution in [3.63, 3.8) is 0 Å². The van der Waals surface area contributed by atoms with Gasteiger partial charge in [-0.3, -0.25) is 4.79 Å². The van der Waals surface area contributed by atoms with Gasteiger partial charge in [0.05, 0.1) is 39.0 Å². The Morgan fingerprint density at radius 1 is 1.29 bits per heavy atom. The maximum absolute atomic E-state index is 13.1. The van der Waals surface area contributed by atoms with Gasteiger partial charge in [-0.15, -0.1) is 11.8 Å². The largest absolute Gasteiger partial charge is 0.383 e. The lowest BCUT2D eigenvalue weighted by molar-refractivity contribution is -0.108. The predicted molar refractivity (Wildman–Crippen MR) is 117 cm³/mol. The monoisotopic (exact) mass is 439 g/mol. The highest BCUT2D eigenvalue weighted by atomic mass is 35.5. The van der Waals surface area contributed by atoms with E-state index in [0.29, 0.717) is 51.0 Å². The molecule has 0 radical (unpaired) electrons. The van der Waals surface area contributed by atoms with Gasteiger partial charge in [-0.2, -0.15) is 0 Å². The van der Waals surface area contributed by atoms with E-state index in [1.807, 2.05) is 18.2 Å². The van der Waals surface area contributed by atoms with E-state index >= 15 is 0 Å². The molecule has 3 aromatic rings. The Labute approximate surface area is 176 Å². The molecule has 2 heterocycles. The summed E-state index contributed by atoms with van der Waals surface area (Å²) in [6.45, 7) is 1.11. The molecule has 3 rings (SSSR count). The number of aromatic nitrogens is 2. The Bertz CT molecular complexity index is 1120. The standard InChI is InChI=1S/C19H19Cl2N3O3S/c1-23(7-9-27-2)19-14(21)10-12-16(26)11-4-5-13(20)17(28-3)15(11)24(6-8-25)18(12)22-19/h4-5,8,10H,6-7,9H2,1-3H3. The highest BCUT2D eigenvalue weighted by Gasteiger charge is 2.19. The molecule has 0 bridgehead atoms. The summed E-state index contributed by atoms with van der Waals surface area (Å²) >= 11 is 14.2. The Hall–Kier alpha value is -1.80. The minimum Gasteiger partial charge on any atom is -0.383 e. The molecular weight excluding hydrogens is 421 g/mol. The number of halogens is 2. The van der Waals surface area contributed by atoms with Crippen molar-refractivity contribution in [2.24, 2.45) is 0 Å². The summed E-state index contributed by atoms with van der Waals surface area (Å²) in [7, 11) is 3.46. The van der Waals surface area contributed by atoms with E-state index in [2.05, 4.69) is 4.98 Å². The summed E-state index contributed by atoms with van der Waals surface area (Å²) in [4.78, 5) is 31.8. The van der Waals surface area contributed by atoms with Crippen LogP contribution in [0.4, 0.5) is 5.82 Å². The number of methoxy groups -OCH3 is 1.